The number of benzene rings is 2. The first-order valence-corrected chi connectivity index (χ1v) is 10.4. The Bertz CT molecular complexity index is 1170. The SMILES string of the molecule is COc1cc(/C=C2\SC(N(C)CCN)=NC2=O)ccc1Oc1ccc(C#N)cc1C(F)(F)F. The fourth-order valence-electron chi connectivity index (χ4n) is 2.89. The predicted molar refractivity (Wildman–Crippen MR) is 119 cm³/mol. The van der Waals surface area contributed by atoms with Crippen molar-refractivity contribution in [2.45, 2.75) is 6.18 Å². The van der Waals surface area contributed by atoms with Gasteiger partial charge in [-0.05, 0) is 53.7 Å². The molecule has 0 unspecified atom stereocenters. The van der Waals surface area contributed by atoms with Crippen molar-refractivity contribution in [1.29, 1.82) is 5.26 Å². The van der Waals surface area contributed by atoms with Crippen molar-refractivity contribution in [3.63, 3.8) is 0 Å². The van der Waals surface area contributed by atoms with Crippen LogP contribution in [0.3, 0.4) is 0 Å². The molecule has 0 radical (unpaired) electrons. The second-order valence-electron chi connectivity index (χ2n) is 6.85. The molecule has 172 valence electrons. The first-order chi connectivity index (χ1) is 15.7. The fraction of sp³-hybridized carbons (Fsp3) is 0.227. The van der Waals surface area contributed by atoms with E-state index in [9.17, 15) is 18.0 Å². The summed E-state index contributed by atoms with van der Waals surface area (Å²) >= 11 is 1.20. The summed E-state index contributed by atoms with van der Waals surface area (Å²) in [5, 5.41) is 9.44. The Balaban J connectivity index is 1.87. The molecule has 0 fully saturated rings. The van der Waals surface area contributed by atoms with E-state index in [0.29, 0.717) is 28.7 Å². The zero-order valence-corrected chi connectivity index (χ0v) is 18.5. The molecular formula is C22H19F3N4O3S. The number of nitrogens with two attached hydrogens (primary N) is 1. The molecule has 1 amide bonds. The lowest BCUT2D eigenvalue weighted by atomic mass is 10.1. The molecule has 1 heterocycles. The number of thioether (sulfide) groups is 1. The van der Waals surface area contributed by atoms with E-state index < -0.39 is 23.4 Å². The standard InChI is InChI=1S/C22H19F3N4O3S/c1-29(8-7-26)21-28-20(30)19(33-21)11-13-3-6-17(18(10-13)31-2)32-16-5-4-14(12-27)9-15(16)22(23,24)25/h3-6,9-11H,7-8,26H2,1-2H3/b19-11-. The Kier molecular flexibility index (Phi) is 7.30. The van der Waals surface area contributed by atoms with E-state index in [1.165, 1.54) is 37.1 Å². The third kappa shape index (κ3) is 5.66. The van der Waals surface area contributed by atoms with Crippen LogP contribution in [0.5, 0.6) is 17.2 Å². The van der Waals surface area contributed by atoms with Gasteiger partial charge in [-0.3, -0.25) is 4.79 Å². The van der Waals surface area contributed by atoms with Crippen molar-refractivity contribution in [2.24, 2.45) is 10.7 Å². The summed E-state index contributed by atoms with van der Waals surface area (Å²) in [7, 11) is 3.13. The number of amides is 1. The highest BCUT2D eigenvalue weighted by molar-refractivity contribution is 8.18. The molecule has 0 aromatic heterocycles. The minimum Gasteiger partial charge on any atom is -0.493 e. The van der Waals surface area contributed by atoms with E-state index in [-0.39, 0.29) is 17.1 Å². The topological polar surface area (TPSA) is 101 Å². The quantitative estimate of drug-likeness (QED) is 0.623. The first-order valence-electron chi connectivity index (χ1n) is 9.57. The van der Waals surface area contributed by atoms with Crippen molar-refractivity contribution >= 4 is 28.9 Å². The van der Waals surface area contributed by atoms with E-state index in [4.69, 9.17) is 20.5 Å². The normalized spacial score (nSPS) is 14.8. The molecule has 0 spiro atoms. The van der Waals surface area contributed by atoms with Gasteiger partial charge in [-0.15, -0.1) is 0 Å². The van der Waals surface area contributed by atoms with Crippen LogP contribution in [0.4, 0.5) is 13.2 Å². The van der Waals surface area contributed by atoms with Gasteiger partial charge in [-0.2, -0.15) is 23.4 Å². The van der Waals surface area contributed by atoms with Gasteiger partial charge in [-0.25, -0.2) is 0 Å². The highest BCUT2D eigenvalue weighted by Crippen LogP contribution is 2.41. The summed E-state index contributed by atoms with van der Waals surface area (Å²) in [4.78, 5) is 18.4. The Morgan fingerprint density at radius 1 is 1.21 bits per heavy atom. The van der Waals surface area contributed by atoms with Gasteiger partial charge < -0.3 is 20.1 Å². The van der Waals surface area contributed by atoms with Crippen molar-refractivity contribution in [1.82, 2.24) is 4.90 Å². The second kappa shape index (κ2) is 9.97. The summed E-state index contributed by atoms with van der Waals surface area (Å²) in [5.41, 5.74) is 4.89. The van der Waals surface area contributed by atoms with Crippen LogP contribution in [0, 0.1) is 11.3 Å². The average Bonchev–Trinajstić information content (AvgIpc) is 3.14. The van der Waals surface area contributed by atoms with Gasteiger partial charge in [-0.1, -0.05) is 6.07 Å². The number of carbonyl (C=O) groups excluding carboxylic acids is 1. The number of carbonyl (C=O) groups is 1. The Labute approximate surface area is 192 Å². The van der Waals surface area contributed by atoms with Crippen LogP contribution in [0.25, 0.3) is 6.08 Å². The van der Waals surface area contributed by atoms with Gasteiger partial charge >= 0.3 is 6.18 Å². The number of amidine groups is 1. The Hall–Kier alpha value is -3.49. The highest BCUT2D eigenvalue weighted by atomic mass is 32.2. The smallest absolute Gasteiger partial charge is 0.420 e. The Morgan fingerprint density at radius 2 is 1.94 bits per heavy atom. The van der Waals surface area contributed by atoms with Crippen LogP contribution in [0.1, 0.15) is 16.7 Å². The molecule has 7 nitrogen and oxygen atoms in total. The average molecular weight is 476 g/mol. The number of alkyl halides is 3. The summed E-state index contributed by atoms with van der Waals surface area (Å²) in [6, 6.07) is 9.28. The van der Waals surface area contributed by atoms with E-state index in [1.807, 2.05) is 0 Å². The number of nitrogens with zero attached hydrogens (tertiary/aromatic N) is 3. The van der Waals surface area contributed by atoms with Crippen molar-refractivity contribution in [3.05, 3.63) is 58.0 Å². The van der Waals surface area contributed by atoms with Gasteiger partial charge in [0.05, 0.1) is 29.2 Å². The van der Waals surface area contributed by atoms with Crippen LogP contribution in [0.2, 0.25) is 0 Å². The number of likely N-dealkylation sites (N-methyl/N-ethyl adjacent to an activating group) is 1. The van der Waals surface area contributed by atoms with Gasteiger partial charge in [0.25, 0.3) is 5.91 Å². The molecule has 3 rings (SSSR count). The first kappa shape index (κ1) is 24.2. The van der Waals surface area contributed by atoms with Gasteiger partial charge in [0, 0.05) is 20.1 Å². The third-order valence-corrected chi connectivity index (χ3v) is 5.62. The molecule has 0 saturated heterocycles. The number of hydrogen-bond donors (Lipinski definition) is 1. The van der Waals surface area contributed by atoms with Crippen molar-refractivity contribution in [3.8, 4) is 23.3 Å². The number of ether oxygens (including phenoxy) is 2. The molecule has 2 aromatic rings. The molecule has 2 aromatic carbocycles. The number of nitriles is 1. The molecule has 1 aliphatic heterocycles. The van der Waals surface area contributed by atoms with Crippen molar-refractivity contribution < 1.29 is 27.4 Å². The van der Waals surface area contributed by atoms with Crippen LogP contribution in [0.15, 0.2) is 46.3 Å². The molecular weight excluding hydrogens is 457 g/mol. The third-order valence-electron chi connectivity index (χ3n) is 4.52. The Morgan fingerprint density at radius 3 is 2.58 bits per heavy atom. The predicted octanol–water partition coefficient (Wildman–Crippen LogP) is 4.24. The molecule has 0 bridgehead atoms. The summed E-state index contributed by atoms with van der Waals surface area (Å²) in [6.45, 7) is 0.957. The number of aliphatic imine (C=N–C) groups is 1. The van der Waals surface area contributed by atoms with E-state index >= 15 is 0 Å². The van der Waals surface area contributed by atoms with Crippen LogP contribution in [-0.4, -0.2) is 43.2 Å². The number of methoxy groups -OCH3 is 1. The van der Waals surface area contributed by atoms with E-state index in [1.54, 1.807) is 30.2 Å². The lowest BCUT2D eigenvalue weighted by molar-refractivity contribution is -0.138. The maximum absolute atomic E-state index is 13.4. The molecule has 0 saturated carbocycles. The van der Waals surface area contributed by atoms with Gasteiger partial charge in [0.2, 0.25) is 0 Å². The summed E-state index contributed by atoms with van der Waals surface area (Å²) in [5.74, 6) is -0.655. The summed E-state index contributed by atoms with van der Waals surface area (Å²) in [6.07, 6.45) is -3.11. The van der Waals surface area contributed by atoms with Gasteiger partial charge in [0.1, 0.15) is 5.75 Å². The largest absolute Gasteiger partial charge is 0.493 e. The fourth-order valence-corrected chi connectivity index (χ4v) is 3.79. The number of rotatable bonds is 6. The number of hydrogen-bond acceptors (Lipinski definition) is 7. The maximum Gasteiger partial charge on any atom is 0.420 e. The lowest BCUT2D eigenvalue weighted by Gasteiger charge is -2.16. The molecule has 11 heteroatoms. The zero-order chi connectivity index (χ0) is 24.2. The molecule has 2 N–H and O–H groups in total. The maximum atomic E-state index is 13.4. The van der Waals surface area contributed by atoms with Crippen LogP contribution >= 0.6 is 11.8 Å². The summed E-state index contributed by atoms with van der Waals surface area (Å²) < 4.78 is 51.1. The zero-order valence-electron chi connectivity index (χ0n) is 17.6. The molecule has 0 aliphatic carbocycles. The highest BCUT2D eigenvalue weighted by Gasteiger charge is 2.35. The van der Waals surface area contributed by atoms with E-state index in [0.717, 1.165) is 12.1 Å². The molecule has 0 atom stereocenters. The molecule has 1 aliphatic rings. The van der Waals surface area contributed by atoms with Crippen LogP contribution < -0.4 is 15.2 Å². The number of halogens is 3. The minimum absolute atomic E-state index is 0.0416. The minimum atomic E-state index is -4.71. The van der Waals surface area contributed by atoms with Gasteiger partial charge in [0.15, 0.2) is 16.7 Å². The van der Waals surface area contributed by atoms with Crippen LogP contribution in [-0.2, 0) is 11.0 Å². The van der Waals surface area contributed by atoms with E-state index in [2.05, 4.69) is 4.99 Å². The van der Waals surface area contributed by atoms with Crippen molar-refractivity contribution in [2.75, 3.05) is 27.2 Å². The lowest BCUT2D eigenvalue weighted by Crippen LogP contribution is -2.28. The second-order valence-corrected chi connectivity index (χ2v) is 7.86. The molecule has 33 heavy (non-hydrogen) atoms. The monoisotopic (exact) mass is 476 g/mol.